The molecule has 1 fully saturated rings. The minimum Gasteiger partial charge on any atom is -0.378 e. The average molecular weight is 375 g/mol. The van der Waals surface area contributed by atoms with Crippen molar-refractivity contribution in [3.8, 4) is 0 Å². The second kappa shape index (κ2) is 6.68. The molecule has 2 aliphatic heterocycles. The number of H-pyrrole nitrogens is 1. The smallest absolute Gasteiger partial charge is 0.256 e. The Labute approximate surface area is 157 Å². The van der Waals surface area contributed by atoms with Gasteiger partial charge in [0.15, 0.2) is 6.10 Å². The van der Waals surface area contributed by atoms with Crippen molar-refractivity contribution >= 4 is 17.5 Å². The van der Waals surface area contributed by atoms with Crippen LogP contribution in [-0.2, 0) is 16.8 Å². The fourth-order valence-electron chi connectivity index (χ4n) is 4.31. The third-order valence-corrected chi connectivity index (χ3v) is 6.27. The number of carbonyl (C=O) groups is 1. The number of piperidine rings is 1. The lowest BCUT2D eigenvalue weighted by atomic mass is 9.79. The molecule has 7 heteroatoms. The first-order valence-electron chi connectivity index (χ1n) is 8.98. The van der Waals surface area contributed by atoms with E-state index in [-0.39, 0.29) is 11.4 Å². The summed E-state index contributed by atoms with van der Waals surface area (Å²) in [5.74, 6) is -0.284. The highest BCUT2D eigenvalue weighted by molar-refractivity contribution is 6.31. The fraction of sp³-hybridized carbons (Fsp3) is 0.474. The largest absolute Gasteiger partial charge is 0.378 e. The second-order valence-electron chi connectivity index (χ2n) is 7.18. The SMILES string of the molecule is CN1CCc2[nH]cnc2C12CCN(C(=O)C(O)c1ccccc1Cl)CC2. The van der Waals surface area contributed by atoms with Crippen LogP contribution >= 0.6 is 11.6 Å². The van der Waals surface area contributed by atoms with Crippen molar-refractivity contribution in [1.82, 2.24) is 19.8 Å². The van der Waals surface area contributed by atoms with E-state index in [0.29, 0.717) is 23.7 Å². The first-order chi connectivity index (χ1) is 12.5. The van der Waals surface area contributed by atoms with Crippen LogP contribution in [0.5, 0.6) is 0 Å². The van der Waals surface area contributed by atoms with Gasteiger partial charge in [-0.25, -0.2) is 4.98 Å². The summed E-state index contributed by atoms with van der Waals surface area (Å²) in [6, 6.07) is 6.95. The Morgan fingerprint density at radius 1 is 1.31 bits per heavy atom. The summed E-state index contributed by atoms with van der Waals surface area (Å²) in [4.78, 5) is 24.7. The number of rotatable bonds is 2. The molecule has 138 valence electrons. The molecule has 2 aliphatic rings. The number of nitrogens with zero attached hydrogens (tertiary/aromatic N) is 3. The van der Waals surface area contributed by atoms with E-state index in [2.05, 4.69) is 21.9 Å². The molecule has 2 N–H and O–H groups in total. The number of imidazole rings is 1. The molecule has 1 aromatic carbocycles. The first-order valence-corrected chi connectivity index (χ1v) is 9.36. The van der Waals surface area contributed by atoms with Crippen LogP contribution in [0.25, 0.3) is 0 Å². The molecule has 1 aromatic heterocycles. The lowest BCUT2D eigenvalue weighted by Gasteiger charge is -2.49. The number of aliphatic hydroxyl groups excluding tert-OH is 1. The van der Waals surface area contributed by atoms with Gasteiger partial charge in [-0.3, -0.25) is 9.69 Å². The number of hydrogen-bond donors (Lipinski definition) is 2. The van der Waals surface area contributed by atoms with E-state index in [9.17, 15) is 9.90 Å². The highest BCUT2D eigenvalue weighted by atomic mass is 35.5. The average Bonchev–Trinajstić information content (AvgIpc) is 3.15. The molecule has 26 heavy (non-hydrogen) atoms. The van der Waals surface area contributed by atoms with Crippen LogP contribution in [0.1, 0.15) is 35.9 Å². The van der Waals surface area contributed by atoms with Crippen molar-refractivity contribution in [1.29, 1.82) is 0 Å². The molecule has 0 radical (unpaired) electrons. The van der Waals surface area contributed by atoms with Gasteiger partial charge in [-0.15, -0.1) is 0 Å². The Morgan fingerprint density at radius 2 is 2.04 bits per heavy atom. The Morgan fingerprint density at radius 3 is 2.77 bits per heavy atom. The number of nitrogens with one attached hydrogen (secondary N) is 1. The monoisotopic (exact) mass is 374 g/mol. The summed E-state index contributed by atoms with van der Waals surface area (Å²) in [5.41, 5.74) is 2.66. The van der Waals surface area contributed by atoms with Gasteiger partial charge in [0.05, 0.1) is 17.6 Å². The van der Waals surface area contributed by atoms with Crippen LogP contribution in [0.2, 0.25) is 5.02 Å². The van der Waals surface area contributed by atoms with E-state index in [1.807, 2.05) is 0 Å². The van der Waals surface area contributed by atoms with Crippen molar-refractivity contribution in [2.75, 3.05) is 26.7 Å². The predicted octanol–water partition coefficient (Wildman–Crippen LogP) is 2.10. The Hall–Kier alpha value is -1.89. The first kappa shape index (κ1) is 17.5. The third kappa shape index (κ3) is 2.73. The molecule has 0 aliphatic carbocycles. The van der Waals surface area contributed by atoms with Gasteiger partial charge in [0.2, 0.25) is 0 Å². The Kier molecular flexibility index (Phi) is 4.50. The van der Waals surface area contributed by atoms with Crippen molar-refractivity contribution in [3.05, 3.63) is 52.6 Å². The zero-order valence-electron chi connectivity index (χ0n) is 14.8. The molecule has 1 atom stereocenters. The van der Waals surface area contributed by atoms with E-state index >= 15 is 0 Å². The van der Waals surface area contributed by atoms with Gasteiger partial charge in [0.1, 0.15) is 0 Å². The number of aromatic nitrogens is 2. The van der Waals surface area contributed by atoms with E-state index in [1.54, 1.807) is 35.5 Å². The topological polar surface area (TPSA) is 72.5 Å². The summed E-state index contributed by atoms with van der Waals surface area (Å²) in [7, 11) is 2.13. The molecule has 1 unspecified atom stereocenters. The zero-order valence-corrected chi connectivity index (χ0v) is 15.5. The van der Waals surface area contributed by atoms with Crippen molar-refractivity contribution in [2.24, 2.45) is 0 Å². The molecule has 1 spiro atoms. The van der Waals surface area contributed by atoms with Gasteiger partial charge in [-0.05, 0) is 26.0 Å². The van der Waals surface area contributed by atoms with Gasteiger partial charge in [-0.1, -0.05) is 29.8 Å². The van der Waals surface area contributed by atoms with Crippen LogP contribution in [0, 0.1) is 0 Å². The van der Waals surface area contributed by atoms with Gasteiger partial charge in [-0.2, -0.15) is 0 Å². The number of aromatic amines is 1. The van der Waals surface area contributed by atoms with Gasteiger partial charge in [0, 0.05) is 42.3 Å². The summed E-state index contributed by atoms with van der Waals surface area (Å²) >= 11 is 6.13. The van der Waals surface area contributed by atoms with Crippen LogP contribution in [0.4, 0.5) is 0 Å². The van der Waals surface area contributed by atoms with Crippen molar-refractivity contribution in [3.63, 3.8) is 0 Å². The van der Waals surface area contributed by atoms with E-state index in [0.717, 1.165) is 31.5 Å². The van der Waals surface area contributed by atoms with Crippen molar-refractivity contribution < 1.29 is 9.90 Å². The third-order valence-electron chi connectivity index (χ3n) is 5.92. The van der Waals surface area contributed by atoms with Crippen molar-refractivity contribution in [2.45, 2.75) is 30.9 Å². The standard InChI is InChI=1S/C19H23ClN4O2/c1-23-9-6-15-17(22-12-21-15)19(23)7-10-24(11-8-19)18(26)16(25)13-4-2-3-5-14(13)20/h2-5,12,16,25H,6-11H2,1H3,(H,21,22). The van der Waals surface area contributed by atoms with Gasteiger partial charge in [0.25, 0.3) is 5.91 Å². The molecular formula is C19H23ClN4O2. The Bertz CT molecular complexity index is 813. The summed E-state index contributed by atoms with van der Waals surface area (Å²) in [6.07, 6.45) is 3.14. The predicted molar refractivity (Wildman–Crippen MR) is 98.8 cm³/mol. The number of fused-ring (bicyclic) bond motifs is 2. The van der Waals surface area contributed by atoms with Crippen LogP contribution in [-0.4, -0.2) is 57.5 Å². The molecule has 2 aromatic rings. The van der Waals surface area contributed by atoms with E-state index in [4.69, 9.17) is 11.6 Å². The molecule has 0 bridgehead atoms. The number of likely N-dealkylation sites (N-methyl/N-ethyl adjacent to an activating group) is 1. The maximum Gasteiger partial charge on any atom is 0.256 e. The zero-order chi connectivity index (χ0) is 18.3. The minimum absolute atomic E-state index is 0.125. The summed E-state index contributed by atoms with van der Waals surface area (Å²) < 4.78 is 0. The number of carbonyl (C=O) groups excluding carboxylic acids is 1. The summed E-state index contributed by atoms with van der Waals surface area (Å²) in [6.45, 7) is 2.17. The fourth-order valence-corrected chi connectivity index (χ4v) is 4.54. The molecule has 0 saturated carbocycles. The number of amides is 1. The molecule has 3 heterocycles. The molecule has 1 amide bonds. The molecular weight excluding hydrogens is 352 g/mol. The maximum atomic E-state index is 12.8. The summed E-state index contributed by atoms with van der Waals surface area (Å²) in [5, 5.41) is 10.9. The minimum atomic E-state index is -1.22. The second-order valence-corrected chi connectivity index (χ2v) is 7.59. The van der Waals surface area contributed by atoms with Crippen LogP contribution in [0.15, 0.2) is 30.6 Å². The number of aliphatic hydroxyl groups is 1. The lowest BCUT2D eigenvalue weighted by molar-refractivity contribution is -0.143. The number of likely N-dealkylation sites (tertiary alicyclic amines) is 1. The molecule has 4 rings (SSSR count). The molecule has 6 nitrogen and oxygen atoms in total. The number of benzene rings is 1. The highest BCUT2D eigenvalue weighted by Crippen LogP contribution is 2.41. The van der Waals surface area contributed by atoms with E-state index < -0.39 is 6.10 Å². The number of halogens is 1. The van der Waals surface area contributed by atoms with Gasteiger partial charge >= 0.3 is 0 Å². The maximum absolute atomic E-state index is 12.8. The van der Waals surface area contributed by atoms with Crippen LogP contribution < -0.4 is 0 Å². The van der Waals surface area contributed by atoms with Gasteiger partial charge < -0.3 is 15.0 Å². The molecule has 1 saturated heterocycles. The number of hydrogen-bond acceptors (Lipinski definition) is 4. The Balaban J connectivity index is 1.51. The van der Waals surface area contributed by atoms with E-state index in [1.165, 1.54) is 5.69 Å². The quantitative estimate of drug-likeness (QED) is 0.844. The highest BCUT2D eigenvalue weighted by Gasteiger charge is 2.46. The normalized spacial score (nSPS) is 20.8. The lowest BCUT2D eigenvalue weighted by Crippen LogP contribution is -2.56. The van der Waals surface area contributed by atoms with Crippen LogP contribution in [0.3, 0.4) is 0 Å².